The number of carbonyl (C=O) groups is 1. The molecule has 2 aliphatic rings. The Kier molecular flexibility index (Phi) is 6.62. The van der Waals surface area contributed by atoms with E-state index in [1.165, 1.54) is 12.1 Å². The van der Waals surface area contributed by atoms with Gasteiger partial charge in [-0.3, -0.25) is 9.78 Å². The summed E-state index contributed by atoms with van der Waals surface area (Å²) in [6.07, 6.45) is 6.44. The number of halogens is 1. The zero-order valence-corrected chi connectivity index (χ0v) is 18.8. The number of hydrogen-bond acceptors (Lipinski definition) is 7. The summed E-state index contributed by atoms with van der Waals surface area (Å²) >= 11 is 0. The number of piperidine rings is 1. The molecular weight excluding hydrogens is 437 g/mol. The number of morpholine rings is 1. The van der Waals surface area contributed by atoms with Crippen LogP contribution in [0.3, 0.4) is 0 Å². The van der Waals surface area contributed by atoms with Crippen LogP contribution in [0, 0.1) is 5.82 Å². The summed E-state index contributed by atoms with van der Waals surface area (Å²) in [6, 6.07) is 9.47. The standard InChI is InChI=1S/C25H26FN5O3/c26-20-1-3-21(4-2-20)34-24-23(28-9-10-29-24)18-6-11-31(12-7-18)25(32)19-5-8-27-22(17-19)30-13-15-33-16-14-30/h1-5,8-10,17-18H,6-7,11-16H2. The van der Waals surface area contributed by atoms with E-state index in [4.69, 9.17) is 9.47 Å². The zero-order valence-electron chi connectivity index (χ0n) is 18.8. The molecule has 0 bridgehead atoms. The molecule has 176 valence electrons. The molecule has 0 unspecified atom stereocenters. The summed E-state index contributed by atoms with van der Waals surface area (Å²) in [7, 11) is 0. The molecule has 3 aromatic rings. The minimum absolute atomic E-state index is 0.0114. The van der Waals surface area contributed by atoms with Gasteiger partial charge in [0.05, 0.1) is 13.2 Å². The fourth-order valence-corrected chi connectivity index (χ4v) is 4.36. The van der Waals surface area contributed by atoms with Gasteiger partial charge in [-0.1, -0.05) is 0 Å². The minimum Gasteiger partial charge on any atom is -0.437 e. The Morgan fingerprint density at radius 3 is 2.44 bits per heavy atom. The van der Waals surface area contributed by atoms with Crippen LogP contribution in [-0.4, -0.2) is 65.2 Å². The maximum absolute atomic E-state index is 13.2. The fraction of sp³-hybridized carbons (Fsp3) is 0.360. The summed E-state index contributed by atoms with van der Waals surface area (Å²) < 4.78 is 24.5. The van der Waals surface area contributed by atoms with Crippen LogP contribution in [0.2, 0.25) is 0 Å². The van der Waals surface area contributed by atoms with E-state index in [0.29, 0.717) is 43.5 Å². The molecule has 0 spiro atoms. The van der Waals surface area contributed by atoms with E-state index in [-0.39, 0.29) is 17.6 Å². The lowest BCUT2D eigenvalue weighted by molar-refractivity contribution is 0.0711. The van der Waals surface area contributed by atoms with Crippen molar-refractivity contribution >= 4 is 11.7 Å². The molecule has 8 nitrogen and oxygen atoms in total. The second kappa shape index (κ2) is 10.1. The lowest BCUT2D eigenvalue weighted by atomic mass is 9.93. The molecule has 0 saturated carbocycles. The van der Waals surface area contributed by atoms with Crippen LogP contribution in [0.5, 0.6) is 11.6 Å². The van der Waals surface area contributed by atoms with Gasteiger partial charge in [0, 0.05) is 56.3 Å². The van der Waals surface area contributed by atoms with Crippen LogP contribution < -0.4 is 9.64 Å². The first-order valence-corrected chi connectivity index (χ1v) is 11.5. The summed E-state index contributed by atoms with van der Waals surface area (Å²) in [5.41, 5.74) is 1.41. The van der Waals surface area contributed by atoms with E-state index in [1.54, 1.807) is 36.8 Å². The maximum Gasteiger partial charge on any atom is 0.254 e. The SMILES string of the molecule is O=C(c1ccnc(N2CCOCC2)c1)N1CCC(c2nccnc2Oc2ccc(F)cc2)CC1. The number of nitrogens with zero attached hydrogens (tertiary/aromatic N) is 5. The molecule has 2 fully saturated rings. The van der Waals surface area contributed by atoms with Gasteiger partial charge < -0.3 is 19.3 Å². The summed E-state index contributed by atoms with van der Waals surface area (Å²) in [6.45, 7) is 4.12. The van der Waals surface area contributed by atoms with Crippen molar-refractivity contribution in [1.29, 1.82) is 0 Å². The topological polar surface area (TPSA) is 80.7 Å². The number of hydrogen-bond donors (Lipinski definition) is 0. The van der Waals surface area contributed by atoms with Gasteiger partial charge in [-0.2, -0.15) is 0 Å². The summed E-state index contributed by atoms with van der Waals surface area (Å²) in [5, 5.41) is 0. The summed E-state index contributed by atoms with van der Waals surface area (Å²) in [4.78, 5) is 30.5. The second-order valence-electron chi connectivity index (χ2n) is 8.37. The van der Waals surface area contributed by atoms with E-state index in [2.05, 4.69) is 19.9 Å². The highest BCUT2D eigenvalue weighted by Gasteiger charge is 2.28. The number of carbonyl (C=O) groups excluding carboxylic acids is 1. The van der Waals surface area contributed by atoms with Crippen molar-refractivity contribution in [3.63, 3.8) is 0 Å². The van der Waals surface area contributed by atoms with Crippen LogP contribution >= 0.6 is 0 Å². The molecule has 2 aromatic heterocycles. The Hall–Kier alpha value is -3.59. The van der Waals surface area contributed by atoms with Crippen molar-refractivity contribution in [2.24, 2.45) is 0 Å². The largest absolute Gasteiger partial charge is 0.437 e. The van der Waals surface area contributed by atoms with Crippen molar-refractivity contribution in [3.05, 3.63) is 72.1 Å². The number of amides is 1. The van der Waals surface area contributed by atoms with Gasteiger partial charge >= 0.3 is 0 Å². The number of rotatable bonds is 5. The third-order valence-electron chi connectivity index (χ3n) is 6.22. The number of likely N-dealkylation sites (tertiary alicyclic amines) is 1. The van der Waals surface area contributed by atoms with Gasteiger partial charge in [-0.25, -0.2) is 14.4 Å². The predicted octanol–water partition coefficient (Wildman–Crippen LogP) is 3.66. The Balaban J connectivity index is 1.24. The Bertz CT molecular complexity index is 1130. The van der Waals surface area contributed by atoms with Crippen LogP contribution in [0.15, 0.2) is 55.0 Å². The van der Waals surface area contributed by atoms with Crippen LogP contribution in [0.4, 0.5) is 10.2 Å². The summed E-state index contributed by atoms with van der Waals surface area (Å²) in [5.74, 6) is 1.54. The molecule has 0 radical (unpaired) electrons. The van der Waals surface area contributed by atoms with Crippen molar-refractivity contribution in [2.75, 3.05) is 44.3 Å². The highest BCUT2D eigenvalue weighted by Crippen LogP contribution is 2.34. The number of benzene rings is 1. The molecule has 9 heteroatoms. The van der Waals surface area contributed by atoms with Gasteiger partial charge in [0.1, 0.15) is 23.1 Å². The van der Waals surface area contributed by atoms with Crippen LogP contribution in [0.1, 0.15) is 34.8 Å². The van der Waals surface area contributed by atoms with Gasteiger partial charge in [-0.15, -0.1) is 0 Å². The molecule has 0 aliphatic carbocycles. The average molecular weight is 464 g/mol. The zero-order chi connectivity index (χ0) is 23.3. The number of anilines is 1. The van der Waals surface area contributed by atoms with Gasteiger partial charge in [-0.05, 0) is 49.2 Å². The van der Waals surface area contributed by atoms with E-state index in [1.807, 2.05) is 11.0 Å². The molecule has 0 N–H and O–H groups in total. The van der Waals surface area contributed by atoms with Crippen LogP contribution in [0.25, 0.3) is 0 Å². The highest BCUT2D eigenvalue weighted by molar-refractivity contribution is 5.95. The third kappa shape index (κ3) is 4.99. The molecule has 5 rings (SSSR count). The Labute approximate surface area is 197 Å². The molecule has 1 aromatic carbocycles. The molecule has 4 heterocycles. The normalized spacial score (nSPS) is 17.0. The predicted molar refractivity (Wildman–Crippen MR) is 124 cm³/mol. The lowest BCUT2D eigenvalue weighted by Gasteiger charge is -2.32. The van der Waals surface area contributed by atoms with Crippen molar-refractivity contribution in [3.8, 4) is 11.6 Å². The first kappa shape index (κ1) is 22.2. The Morgan fingerprint density at radius 2 is 1.68 bits per heavy atom. The number of aromatic nitrogens is 3. The van der Waals surface area contributed by atoms with E-state index in [0.717, 1.165) is 37.4 Å². The highest BCUT2D eigenvalue weighted by atomic mass is 19.1. The Morgan fingerprint density at radius 1 is 0.941 bits per heavy atom. The van der Waals surface area contributed by atoms with Gasteiger partial charge in [0.15, 0.2) is 0 Å². The van der Waals surface area contributed by atoms with E-state index in [9.17, 15) is 9.18 Å². The lowest BCUT2D eigenvalue weighted by Crippen LogP contribution is -2.39. The maximum atomic E-state index is 13.2. The second-order valence-corrected chi connectivity index (χ2v) is 8.37. The van der Waals surface area contributed by atoms with Crippen LogP contribution in [-0.2, 0) is 4.74 Å². The molecule has 2 saturated heterocycles. The molecule has 1 amide bonds. The minimum atomic E-state index is -0.324. The van der Waals surface area contributed by atoms with E-state index < -0.39 is 0 Å². The van der Waals surface area contributed by atoms with Gasteiger partial charge in [0.25, 0.3) is 5.91 Å². The first-order valence-electron chi connectivity index (χ1n) is 11.5. The molecular formula is C25H26FN5O3. The third-order valence-corrected chi connectivity index (χ3v) is 6.22. The van der Waals surface area contributed by atoms with Gasteiger partial charge in [0.2, 0.25) is 5.88 Å². The molecule has 34 heavy (non-hydrogen) atoms. The molecule has 0 atom stereocenters. The van der Waals surface area contributed by atoms with Crippen molar-refractivity contribution < 1.29 is 18.7 Å². The fourth-order valence-electron chi connectivity index (χ4n) is 4.36. The van der Waals surface area contributed by atoms with E-state index >= 15 is 0 Å². The number of pyridine rings is 1. The monoisotopic (exact) mass is 463 g/mol. The van der Waals surface area contributed by atoms with Crippen molar-refractivity contribution in [1.82, 2.24) is 19.9 Å². The van der Waals surface area contributed by atoms with Crippen molar-refractivity contribution in [2.45, 2.75) is 18.8 Å². The first-order chi connectivity index (χ1) is 16.7. The molecule has 2 aliphatic heterocycles. The quantitative estimate of drug-likeness (QED) is 0.571. The smallest absolute Gasteiger partial charge is 0.254 e. The number of ether oxygens (including phenoxy) is 2. The average Bonchev–Trinajstić information content (AvgIpc) is 2.91.